The maximum Gasteiger partial charge on any atom is 0.131 e. The lowest BCUT2D eigenvalue weighted by Gasteiger charge is -2.15. The number of unbranched alkanes of at least 4 members (excludes halogenated alkanes) is 1. The highest BCUT2D eigenvalue weighted by Gasteiger charge is 2.15. The van der Waals surface area contributed by atoms with E-state index >= 15 is 0 Å². The number of phenolic OH excluding ortho intramolecular Hbond substituents is 1. The number of benzene rings is 3. The van der Waals surface area contributed by atoms with Gasteiger partial charge in [0.05, 0.1) is 0 Å². The van der Waals surface area contributed by atoms with E-state index in [-0.39, 0.29) is 0 Å². The molecule has 0 heterocycles. The van der Waals surface area contributed by atoms with Crippen LogP contribution >= 0.6 is 0 Å². The lowest BCUT2D eigenvalue weighted by molar-refractivity contribution is 0.478. The maximum absolute atomic E-state index is 11.0. The molecule has 3 rings (SSSR count). The van der Waals surface area contributed by atoms with Crippen molar-refractivity contribution in [3.05, 3.63) is 78.4 Å². The molecule has 0 saturated carbocycles. The zero-order valence-corrected chi connectivity index (χ0v) is 13.5. The normalized spacial score (nSPS) is 10.7. The molecule has 0 amide bonds. The van der Waals surface area contributed by atoms with Gasteiger partial charge in [0.15, 0.2) is 0 Å². The first-order valence-corrected chi connectivity index (χ1v) is 8.27. The van der Waals surface area contributed by atoms with Crippen LogP contribution in [-0.4, -0.2) is 5.11 Å². The fourth-order valence-corrected chi connectivity index (χ4v) is 2.99. The Balaban J connectivity index is 2.16. The van der Waals surface area contributed by atoms with Crippen molar-refractivity contribution in [3.63, 3.8) is 0 Å². The summed E-state index contributed by atoms with van der Waals surface area (Å²) < 4.78 is 0. The van der Waals surface area contributed by atoms with Gasteiger partial charge in [0.25, 0.3) is 0 Å². The van der Waals surface area contributed by atoms with E-state index in [0.717, 1.165) is 41.5 Å². The molecule has 0 spiro atoms. The lowest BCUT2D eigenvalue weighted by Crippen LogP contribution is -1.93. The third kappa shape index (κ3) is 3.29. The highest BCUT2D eigenvalue weighted by Crippen LogP contribution is 2.40. The van der Waals surface area contributed by atoms with E-state index in [1.807, 2.05) is 54.6 Å². The van der Waals surface area contributed by atoms with Crippen molar-refractivity contribution in [2.75, 3.05) is 0 Å². The van der Waals surface area contributed by atoms with Crippen LogP contribution in [0.4, 0.5) is 0 Å². The third-order valence-corrected chi connectivity index (χ3v) is 4.21. The fraction of sp³-hybridized carbons (Fsp3) is 0.182. The Morgan fingerprint density at radius 3 is 1.96 bits per heavy atom. The number of aromatic hydroxyl groups is 1. The van der Waals surface area contributed by atoms with Crippen LogP contribution in [0.25, 0.3) is 22.3 Å². The van der Waals surface area contributed by atoms with E-state index in [1.165, 1.54) is 5.56 Å². The Morgan fingerprint density at radius 2 is 1.35 bits per heavy atom. The van der Waals surface area contributed by atoms with Crippen LogP contribution in [0.2, 0.25) is 0 Å². The molecule has 0 aliphatic heterocycles. The summed E-state index contributed by atoms with van der Waals surface area (Å²) >= 11 is 0. The average Bonchev–Trinajstić information content (AvgIpc) is 2.61. The van der Waals surface area contributed by atoms with Crippen molar-refractivity contribution >= 4 is 0 Å². The predicted molar refractivity (Wildman–Crippen MR) is 97.6 cm³/mol. The Morgan fingerprint density at radius 1 is 0.739 bits per heavy atom. The minimum absolute atomic E-state index is 0.385. The van der Waals surface area contributed by atoms with E-state index in [4.69, 9.17) is 0 Å². The van der Waals surface area contributed by atoms with Crippen LogP contribution in [0, 0.1) is 0 Å². The second-order valence-corrected chi connectivity index (χ2v) is 5.83. The van der Waals surface area contributed by atoms with Crippen LogP contribution in [0.3, 0.4) is 0 Å². The minimum atomic E-state index is 0.385. The van der Waals surface area contributed by atoms with Gasteiger partial charge in [-0.1, -0.05) is 86.1 Å². The molecule has 1 nitrogen and oxygen atoms in total. The van der Waals surface area contributed by atoms with E-state index in [0.29, 0.717) is 5.75 Å². The molecule has 0 aromatic heterocycles. The van der Waals surface area contributed by atoms with Gasteiger partial charge in [0.2, 0.25) is 0 Å². The summed E-state index contributed by atoms with van der Waals surface area (Å²) in [6.07, 6.45) is 3.27. The second-order valence-electron chi connectivity index (χ2n) is 5.83. The molecule has 3 aromatic rings. The molecule has 0 fully saturated rings. The monoisotopic (exact) mass is 302 g/mol. The summed E-state index contributed by atoms with van der Waals surface area (Å²) in [5.74, 6) is 0.385. The molecule has 23 heavy (non-hydrogen) atoms. The largest absolute Gasteiger partial charge is 0.507 e. The molecule has 0 atom stereocenters. The highest BCUT2D eigenvalue weighted by molar-refractivity contribution is 5.84. The van der Waals surface area contributed by atoms with Gasteiger partial charge in [-0.05, 0) is 29.5 Å². The van der Waals surface area contributed by atoms with Crippen molar-refractivity contribution in [1.29, 1.82) is 0 Å². The molecule has 0 radical (unpaired) electrons. The number of phenols is 1. The Kier molecular flexibility index (Phi) is 4.77. The molecule has 0 unspecified atom stereocenters. The predicted octanol–water partition coefficient (Wildman–Crippen LogP) is 6.07. The summed E-state index contributed by atoms with van der Waals surface area (Å²) in [5, 5.41) is 11.0. The smallest absolute Gasteiger partial charge is 0.131 e. The van der Waals surface area contributed by atoms with Gasteiger partial charge in [-0.15, -0.1) is 0 Å². The van der Waals surface area contributed by atoms with Crippen molar-refractivity contribution in [3.8, 4) is 28.0 Å². The SMILES string of the molecule is CCCCc1ccc(-c2ccccc2)c(O)c1-c1ccccc1. The van der Waals surface area contributed by atoms with Crippen molar-refractivity contribution in [2.45, 2.75) is 26.2 Å². The number of aryl methyl sites for hydroxylation is 1. The minimum Gasteiger partial charge on any atom is -0.507 e. The summed E-state index contributed by atoms with van der Waals surface area (Å²) in [5.41, 5.74) is 5.21. The molecule has 0 aliphatic carbocycles. The van der Waals surface area contributed by atoms with Crippen LogP contribution in [0.5, 0.6) is 5.75 Å². The van der Waals surface area contributed by atoms with Gasteiger partial charge in [-0.2, -0.15) is 0 Å². The molecule has 3 aromatic carbocycles. The molecule has 116 valence electrons. The molecule has 1 heteroatoms. The van der Waals surface area contributed by atoms with Gasteiger partial charge in [0, 0.05) is 11.1 Å². The topological polar surface area (TPSA) is 20.2 Å². The highest BCUT2D eigenvalue weighted by atomic mass is 16.3. The van der Waals surface area contributed by atoms with Gasteiger partial charge in [-0.3, -0.25) is 0 Å². The summed E-state index contributed by atoms with van der Waals surface area (Å²) in [4.78, 5) is 0. The quantitative estimate of drug-likeness (QED) is 0.606. The Bertz CT molecular complexity index is 761. The first-order chi connectivity index (χ1) is 11.3. The third-order valence-electron chi connectivity index (χ3n) is 4.21. The zero-order valence-electron chi connectivity index (χ0n) is 13.5. The van der Waals surface area contributed by atoms with Gasteiger partial charge < -0.3 is 5.11 Å². The van der Waals surface area contributed by atoms with E-state index < -0.39 is 0 Å². The molecular weight excluding hydrogens is 280 g/mol. The number of hydrogen-bond donors (Lipinski definition) is 1. The van der Waals surface area contributed by atoms with Gasteiger partial charge >= 0.3 is 0 Å². The van der Waals surface area contributed by atoms with Gasteiger partial charge in [0.1, 0.15) is 5.75 Å². The maximum atomic E-state index is 11.0. The summed E-state index contributed by atoms with van der Waals surface area (Å²) in [6, 6.07) is 24.5. The second kappa shape index (κ2) is 7.15. The van der Waals surface area contributed by atoms with Gasteiger partial charge in [-0.25, -0.2) is 0 Å². The van der Waals surface area contributed by atoms with Crippen LogP contribution < -0.4 is 0 Å². The molecule has 1 N–H and O–H groups in total. The standard InChI is InChI=1S/C22H22O/c1-2-3-10-19-15-16-20(17-11-6-4-7-12-17)22(23)21(19)18-13-8-5-9-14-18/h4-9,11-16,23H,2-3,10H2,1H3. The molecular formula is C22H22O. The average molecular weight is 302 g/mol. The van der Waals surface area contributed by atoms with Crippen LogP contribution in [0.15, 0.2) is 72.8 Å². The Hall–Kier alpha value is -2.54. The van der Waals surface area contributed by atoms with E-state index in [1.54, 1.807) is 0 Å². The Labute approximate surface area is 138 Å². The number of rotatable bonds is 5. The fourth-order valence-electron chi connectivity index (χ4n) is 2.99. The van der Waals surface area contributed by atoms with Crippen LogP contribution in [0.1, 0.15) is 25.3 Å². The number of hydrogen-bond acceptors (Lipinski definition) is 1. The summed E-state index contributed by atoms with van der Waals surface area (Å²) in [7, 11) is 0. The van der Waals surface area contributed by atoms with E-state index in [2.05, 4.69) is 25.1 Å². The molecule has 0 aliphatic rings. The zero-order chi connectivity index (χ0) is 16.1. The molecule has 0 saturated heterocycles. The van der Waals surface area contributed by atoms with Crippen molar-refractivity contribution < 1.29 is 5.11 Å². The van der Waals surface area contributed by atoms with E-state index in [9.17, 15) is 5.11 Å². The molecule has 0 bridgehead atoms. The van der Waals surface area contributed by atoms with Crippen molar-refractivity contribution in [1.82, 2.24) is 0 Å². The van der Waals surface area contributed by atoms with Crippen molar-refractivity contribution in [2.24, 2.45) is 0 Å². The first-order valence-electron chi connectivity index (χ1n) is 8.27. The lowest BCUT2D eigenvalue weighted by atomic mass is 9.91. The van der Waals surface area contributed by atoms with Crippen LogP contribution in [-0.2, 0) is 6.42 Å². The summed E-state index contributed by atoms with van der Waals surface area (Å²) in [6.45, 7) is 2.19. The first kappa shape index (κ1) is 15.4.